The summed E-state index contributed by atoms with van der Waals surface area (Å²) in [4.78, 5) is 0. The normalized spacial score (nSPS) is 19.8. The smallest absolute Gasteiger partial charge is 0.369 e. The third-order valence-corrected chi connectivity index (χ3v) is 2.93. The Hall–Kier alpha value is -1.24. The van der Waals surface area contributed by atoms with Crippen LogP contribution in [0.15, 0.2) is 24.3 Å². The molecule has 0 saturated heterocycles. The SMILES string of the molecule is [2H]C([2H])(C)C([2H])(C)c1ccc(C(O)(C(F)(F)F)C(F)(F)F)cc1. The standard InChI is InChI=1S/C13H14F6O/c1-3-8(2)9-4-6-10(7-5-9)11(20,12(14,15)16)13(17,18)19/h4-8,20H,3H2,1-2H3/i3D2,8D. The number of hydrogen-bond donors (Lipinski definition) is 1. The molecule has 114 valence electrons. The summed E-state index contributed by atoms with van der Waals surface area (Å²) in [7, 11) is 0. The molecule has 0 bridgehead atoms. The molecule has 0 aromatic heterocycles. The summed E-state index contributed by atoms with van der Waals surface area (Å²) in [5.41, 5.74) is -6.61. The van der Waals surface area contributed by atoms with Crippen molar-refractivity contribution >= 4 is 0 Å². The van der Waals surface area contributed by atoms with E-state index in [1.807, 2.05) is 0 Å². The van der Waals surface area contributed by atoms with Gasteiger partial charge in [0.2, 0.25) is 0 Å². The van der Waals surface area contributed by atoms with Crippen LogP contribution >= 0.6 is 0 Å². The first kappa shape index (κ1) is 12.5. The molecule has 0 aliphatic rings. The highest BCUT2D eigenvalue weighted by molar-refractivity contribution is 5.31. The molecule has 1 atom stereocenters. The molecule has 7 heteroatoms. The highest BCUT2D eigenvalue weighted by atomic mass is 19.4. The second kappa shape index (κ2) is 5.27. The summed E-state index contributed by atoms with van der Waals surface area (Å²) < 4.78 is 99.4. The molecular formula is C13H14F6O. The zero-order chi connectivity index (χ0) is 18.5. The first-order valence-electron chi connectivity index (χ1n) is 6.93. The van der Waals surface area contributed by atoms with Gasteiger partial charge in [0.15, 0.2) is 0 Å². The molecule has 0 saturated carbocycles. The van der Waals surface area contributed by atoms with Crippen molar-refractivity contribution in [2.75, 3.05) is 0 Å². The predicted octanol–water partition coefficient (Wildman–Crippen LogP) is 4.51. The quantitative estimate of drug-likeness (QED) is 0.814. The lowest BCUT2D eigenvalue weighted by Crippen LogP contribution is -2.53. The van der Waals surface area contributed by atoms with Crippen LogP contribution in [0.2, 0.25) is 0 Å². The highest BCUT2D eigenvalue weighted by Gasteiger charge is 2.71. The zero-order valence-electron chi connectivity index (χ0n) is 13.5. The number of alkyl halides is 6. The molecule has 0 fully saturated rings. The van der Waals surface area contributed by atoms with Crippen molar-refractivity contribution in [2.24, 2.45) is 0 Å². The fraction of sp³-hybridized carbons (Fsp3) is 0.538. The maximum atomic E-state index is 12.7. The van der Waals surface area contributed by atoms with Crippen LogP contribution in [0.25, 0.3) is 0 Å². The van der Waals surface area contributed by atoms with E-state index in [0.29, 0.717) is 12.1 Å². The summed E-state index contributed by atoms with van der Waals surface area (Å²) in [6, 6.07) is 2.34. The minimum absolute atomic E-state index is 0.125. The van der Waals surface area contributed by atoms with Crippen molar-refractivity contribution in [3.63, 3.8) is 0 Å². The van der Waals surface area contributed by atoms with Crippen molar-refractivity contribution in [2.45, 2.75) is 44.1 Å². The molecule has 1 N–H and O–H groups in total. The fourth-order valence-electron chi connectivity index (χ4n) is 1.59. The summed E-state index contributed by atoms with van der Waals surface area (Å²) in [6.45, 7) is 2.21. The Morgan fingerprint density at radius 1 is 1.10 bits per heavy atom. The van der Waals surface area contributed by atoms with Gasteiger partial charge in [-0.25, -0.2) is 0 Å². The van der Waals surface area contributed by atoms with Crippen molar-refractivity contribution in [3.05, 3.63) is 35.4 Å². The van der Waals surface area contributed by atoms with E-state index in [-0.39, 0.29) is 5.56 Å². The number of benzene rings is 1. The van der Waals surface area contributed by atoms with Crippen LogP contribution in [-0.4, -0.2) is 17.5 Å². The first-order chi connectivity index (χ1) is 9.96. The van der Waals surface area contributed by atoms with E-state index in [1.54, 1.807) is 0 Å². The van der Waals surface area contributed by atoms with Gasteiger partial charge in [0.1, 0.15) is 0 Å². The van der Waals surface area contributed by atoms with Gasteiger partial charge < -0.3 is 5.11 Å². The van der Waals surface area contributed by atoms with E-state index in [9.17, 15) is 31.4 Å². The van der Waals surface area contributed by atoms with Crippen LogP contribution in [0.3, 0.4) is 0 Å². The Kier molecular flexibility index (Phi) is 3.29. The zero-order valence-corrected chi connectivity index (χ0v) is 10.5. The maximum absolute atomic E-state index is 12.7. The molecule has 1 nitrogen and oxygen atoms in total. The second-order valence-electron chi connectivity index (χ2n) is 4.16. The molecular weight excluding hydrogens is 286 g/mol. The fourth-order valence-corrected chi connectivity index (χ4v) is 1.59. The molecule has 1 unspecified atom stereocenters. The second-order valence-corrected chi connectivity index (χ2v) is 4.16. The summed E-state index contributed by atoms with van der Waals surface area (Å²) in [5, 5.41) is 9.24. The molecule has 0 heterocycles. The van der Waals surface area contributed by atoms with Gasteiger partial charge in [-0.1, -0.05) is 38.1 Å². The number of aliphatic hydroxyl groups is 1. The van der Waals surface area contributed by atoms with E-state index >= 15 is 0 Å². The van der Waals surface area contributed by atoms with Crippen molar-refractivity contribution in [1.82, 2.24) is 0 Å². The lowest BCUT2D eigenvalue weighted by atomic mass is 9.89. The maximum Gasteiger partial charge on any atom is 0.430 e. The van der Waals surface area contributed by atoms with Gasteiger partial charge in [-0.05, 0) is 17.8 Å². The number of hydrogen-bond acceptors (Lipinski definition) is 1. The highest BCUT2D eigenvalue weighted by Crippen LogP contribution is 2.50. The van der Waals surface area contributed by atoms with Crippen LogP contribution in [-0.2, 0) is 5.60 Å². The predicted molar refractivity (Wildman–Crippen MR) is 61.2 cm³/mol. The van der Waals surface area contributed by atoms with E-state index in [0.717, 1.165) is 26.0 Å². The summed E-state index contributed by atoms with van der Waals surface area (Å²) in [6.07, 6.45) is -14.1. The average Bonchev–Trinajstić information content (AvgIpc) is 2.33. The van der Waals surface area contributed by atoms with Crippen molar-refractivity contribution in [3.8, 4) is 0 Å². The van der Waals surface area contributed by atoms with E-state index in [4.69, 9.17) is 4.11 Å². The van der Waals surface area contributed by atoms with Gasteiger partial charge in [0.05, 0.1) is 0 Å². The topological polar surface area (TPSA) is 20.2 Å². The van der Waals surface area contributed by atoms with Gasteiger partial charge in [-0.2, -0.15) is 26.3 Å². The third kappa shape index (κ3) is 2.77. The minimum Gasteiger partial charge on any atom is -0.369 e. The molecule has 20 heavy (non-hydrogen) atoms. The van der Waals surface area contributed by atoms with Crippen LogP contribution in [0.5, 0.6) is 0 Å². The van der Waals surface area contributed by atoms with E-state index < -0.39 is 35.8 Å². The third-order valence-electron chi connectivity index (χ3n) is 2.93. The summed E-state index contributed by atoms with van der Waals surface area (Å²) >= 11 is 0. The minimum atomic E-state index is -5.99. The van der Waals surface area contributed by atoms with Crippen LogP contribution in [0.4, 0.5) is 26.3 Å². The van der Waals surface area contributed by atoms with Crippen molar-refractivity contribution in [1.29, 1.82) is 0 Å². The van der Waals surface area contributed by atoms with Gasteiger partial charge in [-0.3, -0.25) is 0 Å². The first-order valence-corrected chi connectivity index (χ1v) is 5.43. The van der Waals surface area contributed by atoms with Gasteiger partial charge in [0, 0.05) is 9.68 Å². The largest absolute Gasteiger partial charge is 0.430 e. The average molecular weight is 303 g/mol. The Balaban J connectivity index is 3.43. The Morgan fingerprint density at radius 2 is 1.50 bits per heavy atom. The molecule has 1 aromatic rings. The van der Waals surface area contributed by atoms with Crippen LogP contribution < -0.4 is 0 Å². The monoisotopic (exact) mass is 303 g/mol. The van der Waals surface area contributed by atoms with Gasteiger partial charge in [-0.15, -0.1) is 0 Å². The van der Waals surface area contributed by atoms with Gasteiger partial charge in [0.25, 0.3) is 5.60 Å². The number of halogens is 6. The van der Waals surface area contributed by atoms with Crippen molar-refractivity contribution < 1.29 is 35.6 Å². The number of rotatable bonds is 3. The molecule has 1 aromatic carbocycles. The Morgan fingerprint density at radius 3 is 1.80 bits per heavy atom. The summed E-state index contributed by atoms with van der Waals surface area (Å²) in [5.74, 6) is -1.90. The lowest BCUT2D eigenvalue weighted by Gasteiger charge is -2.32. The van der Waals surface area contributed by atoms with E-state index in [1.165, 1.54) is 0 Å². The van der Waals surface area contributed by atoms with Crippen LogP contribution in [0, 0.1) is 0 Å². The molecule has 1 rings (SSSR count). The molecule has 0 spiro atoms. The lowest BCUT2D eigenvalue weighted by molar-refractivity contribution is -0.376. The van der Waals surface area contributed by atoms with Crippen LogP contribution in [0.1, 0.15) is 41.4 Å². The van der Waals surface area contributed by atoms with E-state index in [2.05, 4.69) is 0 Å². The molecule has 0 aliphatic heterocycles. The van der Waals surface area contributed by atoms with Gasteiger partial charge >= 0.3 is 12.4 Å². The Bertz CT molecular complexity index is 543. The molecule has 0 amide bonds. The molecule has 0 radical (unpaired) electrons. The molecule has 0 aliphatic carbocycles. The Labute approximate surface area is 116 Å².